The van der Waals surface area contributed by atoms with Crippen molar-refractivity contribution < 1.29 is 9.21 Å². The number of unbranched alkanes of at least 4 members (excludes halogenated alkanes) is 1. The van der Waals surface area contributed by atoms with Crippen LogP contribution in [0.2, 0.25) is 0 Å². The third-order valence-electron chi connectivity index (χ3n) is 4.06. The SMILES string of the molecule is CCCCC(N)c1nc(C(=O)NCCC2=CCCCC2)co1. The minimum atomic E-state index is -0.228. The van der Waals surface area contributed by atoms with Gasteiger partial charge in [0.1, 0.15) is 6.26 Å². The second kappa shape index (κ2) is 8.73. The Kier molecular flexibility index (Phi) is 6.65. The van der Waals surface area contributed by atoms with Crippen LogP contribution < -0.4 is 11.1 Å². The van der Waals surface area contributed by atoms with Gasteiger partial charge in [-0.05, 0) is 38.5 Å². The number of nitrogens with zero attached hydrogens (tertiary/aromatic N) is 1. The number of hydrogen-bond acceptors (Lipinski definition) is 4. The Morgan fingerprint density at radius 2 is 2.36 bits per heavy atom. The average Bonchev–Trinajstić information content (AvgIpc) is 3.03. The number of carbonyl (C=O) groups excluding carboxylic acids is 1. The van der Waals surface area contributed by atoms with Crippen molar-refractivity contribution in [1.82, 2.24) is 10.3 Å². The molecule has 1 unspecified atom stereocenters. The van der Waals surface area contributed by atoms with Crippen LogP contribution in [-0.2, 0) is 0 Å². The quantitative estimate of drug-likeness (QED) is 0.720. The van der Waals surface area contributed by atoms with E-state index in [-0.39, 0.29) is 11.9 Å². The number of oxazole rings is 1. The maximum Gasteiger partial charge on any atom is 0.273 e. The van der Waals surface area contributed by atoms with Crippen LogP contribution >= 0.6 is 0 Å². The Labute approximate surface area is 132 Å². The van der Waals surface area contributed by atoms with Crippen LogP contribution in [0.15, 0.2) is 22.3 Å². The molecule has 0 aromatic carbocycles. The zero-order valence-electron chi connectivity index (χ0n) is 13.4. The zero-order valence-corrected chi connectivity index (χ0v) is 13.4. The Hall–Kier alpha value is -1.62. The number of carbonyl (C=O) groups is 1. The monoisotopic (exact) mass is 305 g/mol. The van der Waals surface area contributed by atoms with Crippen molar-refractivity contribution in [2.24, 2.45) is 5.73 Å². The summed E-state index contributed by atoms with van der Waals surface area (Å²) < 4.78 is 5.33. The van der Waals surface area contributed by atoms with Gasteiger partial charge in [-0.15, -0.1) is 0 Å². The highest BCUT2D eigenvalue weighted by Gasteiger charge is 2.16. The molecular weight excluding hydrogens is 278 g/mol. The molecule has 1 aliphatic carbocycles. The van der Waals surface area contributed by atoms with Gasteiger partial charge in [-0.1, -0.05) is 31.4 Å². The summed E-state index contributed by atoms with van der Waals surface area (Å²) in [6, 6.07) is -0.228. The molecule has 122 valence electrons. The molecule has 0 bridgehead atoms. The summed E-state index contributed by atoms with van der Waals surface area (Å²) in [6.45, 7) is 2.76. The Morgan fingerprint density at radius 1 is 1.50 bits per heavy atom. The molecule has 2 rings (SSSR count). The van der Waals surface area contributed by atoms with Crippen molar-refractivity contribution >= 4 is 5.91 Å². The van der Waals surface area contributed by atoms with Crippen molar-refractivity contribution in [3.63, 3.8) is 0 Å². The number of amides is 1. The zero-order chi connectivity index (χ0) is 15.8. The van der Waals surface area contributed by atoms with Gasteiger partial charge >= 0.3 is 0 Å². The van der Waals surface area contributed by atoms with Gasteiger partial charge in [-0.2, -0.15) is 0 Å². The molecule has 0 spiro atoms. The lowest BCUT2D eigenvalue weighted by Gasteiger charge is -2.12. The molecule has 1 heterocycles. The molecule has 5 nitrogen and oxygen atoms in total. The first-order chi connectivity index (χ1) is 10.7. The standard InChI is InChI=1S/C17H27N3O2/c1-2-3-9-14(18)17-20-15(12-22-17)16(21)19-11-10-13-7-5-4-6-8-13/h7,12,14H,2-6,8-11,18H2,1H3,(H,19,21). The van der Waals surface area contributed by atoms with E-state index in [0.29, 0.717) is 18.1 Å². The predicted octanol–water partition coefficient (Wildman–Crippen LogP) is 3.48. The van der Waals surface area contributed by atoms with Crippen molar-refractivity contribution in [3.8, 4) is 0 Å². The van der Waals surface area contributed by atoms with Crippen LogP contribution in [0.25, 0.3) is 0 Å². The molecule has 5 heteroatoms. The summed E-state index contributed by atoms with van der Waals surface area (Å²) in [4.78, 5) is 16.3. The largest absolute Gasteiger partial charge is 0.446 e. The number of allylic oxidation sites excluding steroid dienone is 1. The highest BCUT2D eigenvalue weighted by Crippen LogP contribution is 2.19. The molecule has 22 heavy (non-hydrogen) atoms. The lowest BCUT2D eigenvalue weighted by Crippen LogP contribution is -2.25. The summed E-state index contributed by atoms with van der Waals surface area (Å²) in [5.41, 5.74) is 7.77. The molecule has 1 aromatic heterocycles. The van der Waals surface area contributed by atoms with Crippen LogP contribution in [0, 0.1) is 0 Å². The summed E-state index contributed by atoms with van der Waals surface area (Å²) >= 11 is 0. The van der Waals surface area contributed by atoms with Crippen LogP contribution in [0.5, 0.6) is 0 Å². The fraction of sp³-hybridized carbons (Fsp3) is 0.647. The first kappa shape index (κ1) is 16.7. The van der Waals surface area contributed by atoms with Gasteiger partial charge in [-0.25, -0.2) is 4.98 Å². The Bertz CT molecular complexity index is 508. The fourth-order valence-electron chi connectivity index (χ4n) is 2.67. The van der Waals surface area contributed by atoms with E-state index in [1.807, 2.05) is 0 Å². The molecule has 0 radical (unpaired) electrons. The predicted molar refractivity (Wildman–Crippen MR) is 86.5 cm³/mol. The van der Waals surface area contributed by atoms with E-state index < -0.39 is 0 Å². The van der Waals surface area contributed by atoms with E-state index in [9.17, 15) is 4.79 Å². The Morgan fingerprint density at radius 3 is 3.09 bits per heavy atom. The maximum atomic E-state index is 12.0. The van der Waals surface area contributed by atoms with Gasteiger partial charge in [0.05, 0.1) is 6.04 Å². The number of nitrogens with one attached hydrogen (secondary N) is 1. The molecule has 3 N–H and O–H groups in total. The average molecular weight is 305 g/mol. The second-order valence-corrected chi connectivity index (χ2v) is 5.93. The van der Waals surface area contributed by atoms with Gasteiger partial charge in [-0.3, -0.25) is 4.79 Å². The Balaban J connectivity index is 1.77. The third-order valence-corrected chi connectivity index (χ3v) is 4.06. The van der Waals surface area contributed by atoms with E-state index in [1.54, 1.807) is 0 Å². The minimum Gasteiger partial charge on any atom is -0.446 e. The summed E-state index contributed by atoms with van der Waals surface area (Å²) in [5.74, 6) is 0.266. The number of hydrogen-bond donors (Lipinski definition) is 2. The van der Waals surface area contributed by atoms with E-state index in [2.05, 4.69) is 23.3 Å². The molecule has 0 fully saturated rings. The van der Waals surface area contributed by atoms with Crippen LogP contribution in [0.1, 0.15) is 80.7 Å². The van der Waals surface area contributed by atoms with E-state index in [4.69, 9.17) is 10.2 Å². The smallest absolute Gasteiger partial charge is 0.273 e. The fourth-order valence-corrected chi connectivity index (χ4v) is 2.67. The van der Waals surface area contributed by atoms with E-state index in [0.717, 1.165) is 32.1 Å². The van der Waals surface area contributed by atoms with Crippen molar-refractivity contribution in [1.29, 1.82) is 0 Å². The van der Waals surface area contributed by atoms with Crippen LogP contribution in [-0.4, -0.2) is 17.4 Å². The molecule has 0 saturated carbocycles. The van der Waals surface area contributed by atoms with Crippen molar-refractivity contribution in [3.05, 3.63) is 29.5 Å². The van der Waals surface area contributed by atoms with Crippen LogP contribution in [0.3, 0.4) is 0 Å². The molecule has 0 aliphatic heterocycles. The number of aromatic nitrogens is 1. The van der Waals surface area contributed by atoms with Gasteiger partial charge in [0, 0.05) is 6.54 Å². The first-order valence-electron chi connectivity index (χ1n) is 8.37. The van der Waals surface area contributed by atoms with Crippen molar-refractivity contribution in [2.75, 3.05) is 6.54 Å². The van der Waals surface area contributed by atoms with Crippen LogP contribution in [0.4, 0.5) is 0 Å². The highest BCUT2D eigenvalue weighted by molar-refractivity contribution is 5.91. The maximum absolute atomic E-state index is 12.0. The van der Waals surface area contributed by atoms with Gasteiger partial charge in [0.2, 0.25) is 5.89 Å². The van der Waals surface area contributed by atoms with Gasteiger partial charge in [0.25, 0.3) is 5.91 Å². The normalized spacial score (nSPS) is 16.2. The lowest BCUT2D eigenvalue weighted by molar-refractivity contribution is 0.0949. The first-order valence-corrected chi connectivity index (χ1v) is 8.37. The van der Waals surface area contributed by atoms with E-state index in [1.165, 1.54) is 31.1 Å². The number of nitrogens with two attached hydrogens (primary N) is 1. The molecule has 0 saturated heterocycles. The third kappa shape index (κ3) is 4.98. The molecule has 1 amide bonds. The topological polar surface area (TPSA) is 81.1 Å². The van der Waals surface area contributed by atoms with Gasteiger partial charge in [0.15, 0.2) is 5.69 Å². The van der Waals surface area contributed by atoms with E-state index >= 15 is 0 Å². The molecular formula is C17H27N3O2. The molecule has 1 aromatic rings. The molecule has 1 atom stereocenters. The second-order valence-electron chi connectivity index (χ2n) is 5.93. The van der Waals surface area contributed by atoms with Gasteiger partial charge < -0.3 is 15.5 Å². The number of rotatable bonds is 8. The summed E-state index contributed by atoms with van der Waals surface area (Å²) in [5, 5.41) is 2.90. The van der Waals surface area contributed by atoms with Crippen molar-refractivity contribution in [2.45, 2.75) is 64.3 Å². The minimum absolute atomic E-state index is 0.186. The summed E-state index contributed by atoms with van der Waals surface area (Å²) in [7, 11) is 0. The highest BCUT2D eigenvalue weighted by atomic mass is 16.3. The molecule has 1 aliphatic rings. The summed E-state index contributed by atoms with van der Waals surface area (Å²) in [6.07, 6.45) is 12.4. The lowest BCUT2D eigenvalue weighted by atomic mass is 9.97.